The average Bonchev–Trinajstić information content (AvgIpc) is 3.10. The fourth-order valence-corrected chi connectivity index (χ4v) is 8.04. The average molecular weight is 706 g/mol. The zero-order valence-corrected chi connectivity index (χ0v) is 34.3. The van der Waals surface area contributed by atoms with Crippen LogP contribution in [-0.4, -0.2) is 17.0 Å². The number of aliphatic carboxylic acids is 1. The van der Waals surface area contributed by atoms with Crippen LogP contribution in [0, 0.1) is 5.41 Å². The Labute approximate surface area is 314 Å². The van der Waals surface area contributed by atoms with E-state index in [9.17, 15) is 9.59 Å². The molecule has 0 radical (unpaired) electrons. The molecule has 298 valence electrons. The number of carboxylic acids is 1. The molecule has 0 spiro atoms. The molecule has 0 aromatic rings. The van der Waals surface area contributed by atoms with E-state index in [1.165, 1.54) is 193 Å². The summed E-state index contributed by atoms with van der Waals surface area (Å²) in [6.45, 7) is 4.58. The molecule has 0 aliphatic carbocycles. The summed E-state index contributed by atoms with van der Waals surface area (Å²) in [6.07, 6.45) is 51.7. The second kappa shape index (κ2) is 39.2. The van der Waals surface area contributed by atoms with E-state index in [1.807, 2.05) is 0 Å². The normalized spacial score (nSPS) is 11.8. The van der Waals surface area contributed by atoms with Gasteiger partial charge in [-0.3, -0.25) is 9.59 Å². The van der Waals surface area contributed by atoms with Gasteiger partial charge in [0, 0.05) is 11.8 Å². The van der Waals surface area contributed by atoms with Gasteiger partial charge in [0.2, 0.25) is 5.91 Å². The van der Waals surface area contributed by atoms with Crippen molar-refractivity contribution in [2.45, 2.75) is 277 Å². The standard InChI is InChI=1S/C46H91NO3/c1-3-5-7-9-11-13-15-17-19-21-23-25-27-29-33-37-41-46(45(47)50,43-39-35-31-32-36-40-44(48)49)42-38-34-30-28-26-24-22-20-18-16-14-12-10-8-6-4-2/h3-43H2,1-2H3,(H2,47,50)(H,48,49). The summed E-state index contributed by atoms with van der Waals surface area (Å²) < 4.78 is 0. The minimum atomic E-state index is -0.699. The van der Waals surface area contributed by atoms with E-state index in [-0.39, 0.29) is 17.7 Å². The van der Waals surface area contributed by atoms with Crippen molar-refractivity contribution in [3.05, 3.63) is 0 Å². The van der Waals surface area contributed by atoms with Crippen LogP contribution in [0.2, 0.25) is 0 Å². The Balaban J connectivity index is 4.23. The van der Waals surface area contributed by atoms with Crippen LogP contribution >= 0.6 is 0 Å². The van der Waals surface area contributed by atoms with Crippen molar-refractivity contribution < 1.29 is 14.7 Å². The molecule has 0 fully saturated rings. The number of rotatable bonds is 43. The van der Waals surface area contributed by atoms with Crippen LogP contribution in [0.25, 0.3) is 0 Å². The number of primary amides is 1. The van der Waals surface area contributed by atoms with Crippen LogP contribution < -0.4 is 5.73 Å². The maximum atomic E-state index is 13.0. The molecule has 4 heteroatoms. The molecule has 0 aliphatic rings. The maximum Gasteiger partial charge on any atom is 0.303 e. The van der Waals surface area contributed by atoms with Gasteiger partial charge in [0.1, 0.15) is 0 Å². The van der Waals surface area contributed by atoms with Gasteiger partial charge in [-0.1, -0.05) is 245 Å². The lowest BCUT2D eigenvalue weighted by Gasteiger charge is -2.31. The first-order chi connectivity index (χ1) is 24.5. The fraction of sp³-hybridized carbons (Fsp3) is 0.957. The smallest absolute Gasteiger partial charge is 0.303 e. The van der Waals surface area contributed by atoms with E-state index in [0.29, 0.717) is 0 Å². The third-order valence-corrected chi connectivity index (χ3v) is 11.6. The van der Waals surface area contributed by atoms with Gasteiger partial charge >= 0.3 is 5.97 Å². The zero-order valence-electron chi connectivity index (χ0n) is 34.3. The number of amides is 1. The summed E-state index contributed by atoms with van der Waals surface area (Å²) in [5.41, 5.74) is 5.86. The minimum absolute atomic E-state index is 0.0645. The number of unbranched alkanes of at least 4 members (excludes halogenated alkanes) is 34. The molecular formula is C46H91NO3. The molecule has 0 bridgehead atoms. The number of hydrogen-bond acceptors (Lipinski definition) is 2. The van der Waals surface area contributed by atoms with E-state index in [4.69, 9.17) is 10.8 Å². The Bertz CT molecular complexity index is 672. The Hall–Kier alpha value is -1.06. The summed E-state index contributed by atoms with van der Waals surface area (Å²) in [5.74, 6) is -0.763. The zero-order chi connectivity index (χ0) is 36.6. The molecule has 1 amide bonds. The van der Waals surface area contributed by atoms with Crippen LogP contribution in [-0.2, 0) is 9.59 Å². The van der Waals surface area contributed by atoms with E-state index in [0.717, 1.165) is 64.2 Å². The predicted molar refractivity (Wildman–Crippen MR) is 220 cm³/mol. The highest BCUT2D eigenvalue weighted by atomic mass is 16.4. The topological polar surface area (TPSA) is 80.4 Å². The Morgan fingerprint density at radius 3 is 0.760 bits per heavy atom. The van der Waals surface area contributed by atoms with Crippen LogP contribution in [0.3, 0.4) is 0 Å². The molecule has 50 heavy (non-hydrogen) atoms. The molecule has 3 N–H and O–H groups in total. The molecule has 0 saturated heterocycles. The third-order valence-electron chi connectivity index (χ3n) is 11.6. The summed E-state index contributed by atoms with van der Waals surface area (Å²) in [5, 5.41) is 8.91. The first kappa shape index (κ1) is 48.9. The summed E-state index contributed by atoms with van der Waals surface area (Å²) in [7, 11) is 0. The number of hydrogen-bond donors (Lipinski definition) is 2. The lowest BCUT2D eigenvalue weighted by atomic mass is 9.73. The van der Waals surface area contributed by atoms with Crippen LogP contribution in [0.5, 0.6) is 0 Å². The molecule has 0 aromatic heterocycles. The molecule has 0 unspecified atom stereocenters. The number of nitrogens with two attached hydrogens (primary N) is 1. The van der Waals surface area contributed by atoms with Crippen LogP contribution in [0.4, 0.5) is 0 Å². The van der Waals surface area contributed by atoms with Crippen LogP contribution in [0.15, 0.2) is 0 Å². The van der Waals surface area contributed by atoms with Crippen molar-refractivity contribution in [1.29, 1.82) is 0 Å². The molecule has 0 rings (SSSR count). The Morgan fingerprint density at radius 1 is 0.360 bits per heavy atom. The third kappa shape index (κ3) is 34.0. The van der Waals surface area contributed by atoms with Gasteiger partial charge in [0.05, 0.1) is 0 Å². The summed E-state index contributed by atoms with van der Waals surface area (Å²) in [6, 6.07) is 0. The molecule has 0 heterocycles. The fourth-order valence-electron chi connectivity index (χ4n) is 8.04. The molecule has 0 aromatic carbocycles. The van der Waals surface area contributed by atoms with Crippen molar-refractivity contribution in [2.75, 3.05) is 0 Å². The van der Waals surface area contributed by atoms with E-state index < -0.39 is 5.97 Å². The molecular weight excluding hydrogens is 615 g/mol. The number of carbonyl (C=O) groups is 2. The van der Waals surface area contributed by atoms with Crippen molar-refractivity contribution in [2.24, 2.45) is 11.1 Å². The van der Waals surface area contributed by atoms with Crippen molar-refractivity contribution >= 4 is 11.9 Å². The van der Waals surface area contributed by atoms with Gasteiger partial charge < -0.3 is 10.8 Å². The first-order valence-corrected chi connectivity index (χ1v) is 23.0. The summed E-state index contributed by atoms with van der Waals surface area (Å²) >= 11 is 0. The van der Waals surface area contributed by atoms with Gasteiger partial charge in [-0.15, -0.1) is 0 Å². The maximum absolute atomic E-state index is 13.0. The second-order valence-corrected chi connectivity index (χ2v) is 16.4. The lowest BCUT2D eigenvalue weighted by Crippen LogP contribution is -2.37. The lowest BCUT2D eigenvalue weighted by molar-refractivity contribution is -0.137. The Kier molecular flexibility index (Phi) is 38.3. The highest BCUT2D eigenvalue weighted by molar-refractivity contribution is 5.80. The van der Waals surface area contributed by atoms with E-state index in [2.05, 4.69) is 13.8 Å². The number of carbonyl (C=O) groups excluding carboxylic acids is 1. The van der Waals surface area contributed by atoms with E-state index in [1.54, 1.807) is 0 Å². The Morgan fingerprint density at radius 2 is 0.560 bits per heavy atom. The number of carboxylic acid groups (broad SMARTS) is 1. The molecule has 0 saturated carbocycles. The van der Waals surface area contributed by atoms with Gasteiger partial charge in [0.25, 0.3) is 0 Å². The molecule has 0 aliphatic heterocycles. The van der Waals surface area contributed by atoms with Gasteiger partial charge in [-0.05, 0) is 25.7 Å². The quantitative estimate of drug-likeness (QED) is 0.0620. The predicted octanol–water partition coefficient (Wildman–Crippen LogP) is 15.6. The van der Waals surface area contributed by atoms with Crippen LogP contribution in [0.1, 0.15) is 277 Å². The second-order valence-electron chi connectivity index (χ2n) is 16.4. The van der Waals surface area contributed by atoms with Gasteiger partial charge in [-0.2, -0.15) is 0 Å². The van der Waals surface area contributed by atoms with Gasteiger partial charge in [0.15, 0.2) is 0 Å². The van der Waals surface area contributed by atoms with Crippen molar-refractivity contribution in [1.82, 2.24) is 0 Å². The van der Waals surface area contributed by atoms with Crippen molar-refractivity contribution in [3.63, 3.8) is 0 Å². The monoisotopic (exact) mass is 706 g/mol. The largest absolute Gasteiger partial charge is 0.481 e. The highest BCUT2D eigenvalue weighted by Crippen LogP contribution is 2.37. The molecule has 0 atom stereocenters. The SMILES string of the molecule is CCCCCCCCCCCCCCCCCCC(CCCCCCCCCCCCCCCCCC)(CCCCCCCC(=O)O)C(N)=O. The minimum Gasteiger partial charge on any atom is -0.481 e. The summed E-state index contributed by atoms with van der Waals surface area (Å²) in [4.78, 5) is 23.8. The molecule has 4 nitrogen and oxygen atoms in total. The van der Waals surface area contributed by atoms with E-state index >= 15 is 0 Å². The highest BCUT2D eigenvalue weighted by Gasteiger charge is 2.34. The van der Waals surface area contributed by atoms with Crippen molar-refractivity contribution in [3.8, 4) is 0 Å². The van der Waals surface area contributed by atoms with Gasteiger partial charge in [-0.25, -0.2) is 0 Å². The first-order valence-electron chi connectivity index (χ1n) is 23.0.